The highest BCUT2D eigenvalue weighted by Crippen LogP contribution is 2.24. The number of allylic oxidation sites excluding steroid dienone is 4. The Morgan fingerprint density at radius 1 is 1.64 bits per heavy atom. The van der Waals surface area contributed by atoms with Gasteiger partial charge in [0.25, 0.3) is 0 Å². The minimum absolute atomic E-state index is 0.362. The summed E-state index contributed by atoms with van der Waals surface area (Å²) in [5.74, 6) is 0.362. The number of nitrogens with zero attached hydrogens (tertiary/aromatic N) is 1. The molecule has 58 valence electrons. The van der Waals surface area contributed by atoms with E-state index in [2.05, 4.69) is 18.8 Å². The van der Waals surface area contributed by atoms with Crippen molar-refractivity contribution >= 4 is 6.08 Å². The fourth-order valence-electron chi connectivity index (χ4n) is 1.25. The average molecular weight is 149 g/mol. The largest absolute Gasteiger partial charge is 0.240 e. The smallest absolute Gasteiger partial charge is 0.211 e. The van der Waals surface area contributed by atoms with Gasteiger partial charge in [-0.15, -0.1) is 0 Å². The first-order chi connectivity index (χ1) is 5.24. The van der Waals surface area contributed by atoms with Gasteiger partial charge in [-0.05, 0) is 19.4 Å². The molecule has 1 unspecified atom stereocenters. The highest BCUT2D eigenvalue weighted by atomic mass is 16.1. The van der Waals surface area contributed by atoms with Crippen LogP contribution in [0.25, 0.3) is 0 Å². The minimum Gasteiger partial charge on any atom is -0.211 e. The molecule has 0 fully saturated rings. The standard InChI is InChI=1S/C9H11NO/c1-7-3-4-9(10-6-11)8(2)5-7/h3-4,8H,5H2,1-2H3. The number of rotatable bonds is 1. The summed E-state index contributed by atoms with van der Waals surface area (Å²) in [6.45, 7) is 4.14. The van der Waals surface area contributed by atoms with Crippen molar-refractivity contribution in [1.29, 1.82) is 0 Å². The lowest BCUT2D eigenvalue weighted by Gasteiger charge is -2.14. The zero-order valence-electron chi connectivity index (χ0n) is 6.79. The molecule has 1 aliphatic carbocycles. The van der Waals surface area contributed by atoms with E-state index in [1.165, 1.54) is 5.57 Å². The topological polar surface area (TPSA) is 29.4 Å². The van der Waals surface area contributed by atoms with Crippen molar-refractivity contribution < 1.29 is 4.79 Å². The van der Waals surface area contributed by atoms with E-state index in [1.54, 1.807) is 6.08 Å². The Balaban J connectivity index is 2.86. The van der Waals surface area contributed by atoms with Crippen molar-refractivity contribution in [1.82, 2.24) is 0 Å². The second-order valence-corrected chi connectivity index (χ2v) is 2.91. The van der Waals surface area contributed by atoms with Crippen molar-refractivity contribution in [3.05, 3.63) is 23.4 Å². The van der Waals surface area contributed by atoms with E-state index in [9.17, 15) is 4.79 Å². The highest BCUT2D eigenvalue weighted by Gasteiger charge is 2.11. The van der Waals surface area contributed by atoms with Gasteiger partial charge in [0, 0.05) is 5.92 Å². The maximum atomic E-state index is 9.95. The molecule has 0 saturated heterocycles. The van der Waals surface area contributed by atoms with Gasteiger partial charge in [0.2, 0.25) is 6.08 Å². The predicted octanol–water partition coefficient (Wildman–Crippen LogP) is 2.19. The van der Waals surface area contributed by atoms with Crippen LogP contribution in [0.2, 0.25) is 0 Å². The van der Waals surface area contributed by atoms with Gasteiger partial charge in [0.15, 0.2) is 0 Å². The molecule has 1 rings (SSSR count). The molecule has 0 aliphatic heterocycles. The van der Waals surface area contributed by atoms with Gasteiger partial charge in [-0.1, -0.05) is 18.6 Å². The molecule has 0 aromatic heterocycles. The summed E-state index contributed by atoms with van der Waals surface area (Å²) in [5, 5.41) is 0. The van der Waals surface area contributed by atoms with Crippen molar-refractivity contribution in [2.75, 3.05) is 0 Å². The zero-order valence-corrected chi connectivity index (χ0v) is 6.79. The quantitative estimate of drug-likeness (QED) is 0.415. The van der Waals surface area contributed by atoms with E-state index in [0.29, 0.717) is 5.92 Å². The lowest BCUT2D eigenvalue weighted by atomic mass is 9.94. The summed E-state index contributed by atoms with van der Waals surface area (Å²) in [5.41, 5.74) is 2.17. The van der Waals surface area contributed by atoms with E-state index in [0.717, 1.165) is 12.1 Å². The first-order valence-electron chi connectivity index (χ1n) is 3.69. The highest BCUT2D eigenvalue weighted by molar-refractivity contribution is 5.39. The summed E-state index contributed by atoms with van der Waals surface area (Å²) in [6.07, 6.45) is 6.44. The number of hydrogen-bond acceptors (Lipinski definition) is 2. The van der Waals surface area contributed by atoms with E-state index in [-0.39, 0.29) is 0 Å². The maximum absolute atomic E-state index is 9.95. The van der Waals surface area contributed by atoms with Crippen molar-refractivity contribution in [2.45, 2.75) is 20.3 Å². The normalized spacial score (nSPS) is 23.3. The molecule has 0 N–H and O–H groups in total. The summed E-state index contributed by atoms with van der Waals surface area (Å²) >= 11 is 0. The molecule has 0 saturated carbocycles. The van der Waals surface area contributed by atoms with E-state index in [4.69, 9.17) is 0 Å². The summed E-state index contributed by atoms with van der Waals surface area (Å²) in [4.78, 5) is 13.6. The Morgan fingerprint density at radius 2 is 2.36 bits per heavy atom. The molecule has 0 bridgehead atoms. The number of aliphatic imine (C=N–C) groups is 1. The lowest BCUT2D eigenvalue weighted by Crippen LogP contribution is -2.01. The third-order valence-electron chi connectivity index (χ3n) is 1.85. The summed E-state index contributed by atoms with van der Waals surface area (Å²) in [7, 11) is 0. The molecule has 0 heterocycles. The monoisotopic (exact) mass is 149 g/mol. The van der Waals surface area contributed by atoms with Crippen LogP contribution in [-0.2, 0) is 4.79 Å². The molecule has 0 aromatic rings. The van der Waals surface area contributed by atoms with Crippen molar-refractivity contribution in [3.63, 3.8) is 0 Å². The van der Waals surface area contributed by atoms with Crippen LogP contribution in [0.15, 0.2) is 28.4 Å². The Hall–Kier alpha value is -1.14. The van der Waals surface area contributed by atoms with Gasteiger partial charge < -0.3 is 0 Å². The summed E-state index contributed by atoms with van der Waals surface area (Å²) < 4.78 is 0. The Morgan fingerprint density at radius 3 is 2.91 bits per heavy atom. The summed E-state index contributed by atoms with van der Waals surface area (Å²) in [6, 6.07) is 0. The maximum Gasteiger partial charge on any atom is 0.240 e. The molecular formula is C9H11NO. The average Bonchev–Trinajstić information content (AvgIpc) is 1.95. The molecule has 2 heteroatoms. The molecule has 1 aliphatic rings. The Labute approximate surface area is 66.3 Å². The van der Waals surface area contributed by atoms with E-state index >= 15 is 0 Å². The zero-order chi connectivity index (χ0) is 8.27. The van der Waals surface area contributed by atoms with Crippen molar-refractivity contribution in [2.24, 2.45) is 10.9 Å². The fourth-order valence-corrected chi connectivity index (χ4v) is 1.25. The van der Waals surface area contributed by atoms with Gasteiger partial charge in [0.1, 0.15) is 0 Å². The molecule has 11 heavy (non-hydrogen) atoms. The Bertz CT molecular complexity index is 257. The molecule has 0 amide bonds. The van der Waals surface area contributed by atoms with Crippen molar-refractivity contribution in [3.8, 4) is 0 Å². The lowest BCUT2D eigenvalue weighted by molar-refractivity contribution is 0.561. The van der Waals surface area contributed by atoms with Gasteiger partial charge >= 0.3 is 0 Å². The number of hydrogen-bond donors (Lipinski definition) is 0. The third kappa shape index (κ3) is 1.89. The van der Waals surface area contributed by atoms with Crippen LogP contribution in [0, 0.1) is 5.92 Å². The molecule has 0 aromatic carbocycles. The van der Waals surface area contributed by atoms with Crippen LogP contribution in [0.4, 0.5) is 0 Å². The molecule has 0 radical (unpaired) electrons. The first kappa shape index (κ1) is 7.96. The molecule has 2 nitrogen and oxygen atoms in total. The fraction of sp³-hybridized carbons (Fsp3) is 0.444. The van der Waals surface area contributed by atoms with E-state index < -0.39 is 0 Å². The van der Waals surface area contributed by atoms with Crippen LogP contribution in [-0.4, -0.2) is 6.08 Å². The van der Waals surface area contributed by atoms with Gasteiger partial charge in [0.05, 0.1) is 5.70 Å². The SMILES string of the molecule is CC1=CC=C(N=C=O)C(C)C1. The van der Waals surface area contributed by atoms with Gasteiger partial charge in [-0.2, -0.15) is 4.99 Å². The van der Waals surface area contributed by atoms with Crippen LogP contribution in [0.5, 0.6) is 0 Å². The Kier molecular flexibility index (Phi) is 2.40. The minimum atomic E-state index is 0.362. The van der Waals surface area contributed by atoms with Crippen LogP contribution < -0.4 is 0 Å². The van der Waals surface area contributed by atoms with E-state index in [1.807, 2.05) is 12.2 Å². The second-order valence-electron chi connectivity index (χ2n) is 2.91. The number of carbonyl (C=O) groups excluding carboxylic acids is 1. The van der Waals surface area contributed by atoms with Gasteiger partial charge in [-0.25, -0.2) is 4.79 Å². The second kappa shape index (κ2) is 3.31. The number of isocyanates is 1. The third-order valence-corrected chi connectivity index (χ3v) is 1.85. The molecule has 0 spiro atoms. The van der Waals surface area contributed by atoms with Crippen LogP contribution in [0.3, 0.4) is 0 Å². The molecule has 1 atom stereocenters. The molecular weight excluding hydrogens is 138 g/mol. The first-order valence-corrected chi connectivity index (χ1v) is 3.69. The predicted molar refractivity (Wildman–Crippen MR) is 43.7 cm³/mol. The van der Waals surface area contributed by atoms with Gasteiger partial charge in [-0.3, -0.25) is 0 Å². The van der Waals surface area contributed by atoms with Crippen LogP contribution >= 0.6 is 0 Å². The van der Waals surface area contributed by atoms with Crippen LogP contribution in [0.1, 0.15) is 20.3 Å².